The lowest BCUT2D eigenvalue weighted by atomic mass is 10.1. The molecule has 80 valence electrons. The Morgan fingerprint density at radius 2 is 2.27 bits per heavy atom. The zero-order valence-corrected chi connectivity index (χ0v) is 8.87. The lowest BCUT2D eigenvalue weighted by Gasteiger charge is -2.21. The van der Waals surface area contributed by atoms with Crippen LogP contribution in [-0.4, -0.2) is 18.7 Å². The average Bonchev–Trinajstić information content (AvgIpc) is 2.17. The summed E-state index contributed by atoms with van der Waals surface area (Å²) in [5, 5.41) is 9.50. The Labute approximate surface area is 89.3 Å². The molecule has 0 amide bonds. The van der Waals surface area contributed by atoms with Gasteiger partial charge < -0.3 is 10.0 Å². The van der Waals surface area contributed by atoms with Crippen molar-refractivity contribution in [2.75, 3.05) is 18.5 Å². The van der Waals surface area contributed by atoms with Gasteiger partial charge in [0.1, 0.15) is 5.82 Å². The van der Waals surface area contributed by atoms with Gasteiger partial charge in [-0.2, -0.15) is 0 Å². The van der Waals surface area contributed by atoms with Crippen molar-refractivity contribution in [2.24, 2.45) is 0 Å². The van der Waals surface area contributed by atoms with Gasteiger partial charge in [0, 0.05) is 18.3 Å². The molecule has 0 aliphatic carbocycles. The lowest BCUT2D eigenvalue weighted by molar-refractivity contribution is 0.199. The first-order valence-corrected chi connectivity index (χ1v) is 4.68. The van der Waals surface area contributed by atoms with E-state index in [9.17, 15) is 9.50 Å². The van der Waals surface area contributed by atoms with Crippen molar-refractivity contribution in [2.45, 2.75) is 13.0 Å². The number of halogens is 1. The van der Waals surface area contributed by atoms with E-state index in [4.69, 9.17) is 6.42 Å². The number of nitrogens with zero attached hydrogens (tertiary/aromatic N) is 1. The topological polar surface area (TPSA) is 23.5 Å². The van der Waals surface area contributed by atoms with E-state index in [2.05, 4.69) is 5.92 Å². The minimum Gasteiger partial charge on any atom is -0.389 e. The maximum absolute atomic E-state index is 13.0. The van der Waals surface area contributed by atoms with Gasteiger partial charge in [-0.05, 0) is 25.1 Å². The fraction of sp³-hybridized carbons (Fsp3) is 0.333. The van der Waals surface area contributed by atoms with Gasteiger partial charge in [0.15, 0.2) is 0 Å². The van der Waals surface area contributed by atoms with Gasteiger partial charge in [-0.15, -0.1) is 6.42 Å². The van der Waals surface area contributed by atoms with Gasteiger partial charge in [0.2, 0.25) is 0 Å². The van der Waals surface area contributed by atoms with Crippen molar-refractivity contribution >= 4 is 5.69 Å². The summed E-state index contributed by atoms with van der Waals surface area (Å²) >= 11 is 0. The molecule has 0 bridgehead atoms. The first kappa shape index (κ1) is 11.5. The van der Waals surface area contributed by atoms with Gasteiger partial charge in [0.05, 0.1) is 12.6 Å². The third-order valence-electron chi connectivity index (χ3n) is 2.18. The molecule has 0 aromatic heterocycles. The monoisotopic (exact) mass is 207 g/mol. The van der Waals surface area contributed by atoms with Crippen LogP contribution >= 0.6 is 0 Å². The molecule has 0 radical (unpaired) electrons. The number of aliphatic hydroxyl groups excluding tert-OH is 1. The molecule has 1 aromatic carbocycles. The van der Waals surface area contributed by atoms with Gasteiger partial charge in [-0.1, -0.05) is 5.92 Å². The van der Waals surface area contributed by atoms with Crippen LogP contribution in [-0.2, 0) is 0 Å². The van der Waals surface area contributed by atoms with Crippen molar-refractivity contribution in [3.8, 4) is 12.3 Å². The van der Waals surface area contributed by atoms with Crippen LogP contribution in [0.3, 0.4) is 0 Å². The number of terminal acetylenes is 1. The third kappa shape index (κ3) is 2.71. The van der Waals surface area contributed by atoms with Crippen LogP contribution in [0.15, 0.2) is 18.2 Å². The molecule has 1 N–H and O–H groups in total. The molecule has 0 unspecified atom stereocenters. The van der Waals surface area contributed by atoms with E-state index in [1.165, 1.54) is 12.1 Å². The lowest BCUT2D eigenvalue weighted by Crippen LogP contribution is -2.19. The normalized spacial score (nSPS) is 11.9. The number of aliphatic hydroxyl groups is 1. The van der Waals surface area contributed by atoms with Crippen LogP contribution in [0.5, 0.6) is 0 Å². The number of benzene rings is 1. The van der Waals surface area contributed by atoms with E-state index in [-0.39, 0.29) is 5.82 Å². The number of hydrogen-bond donors (Lipinski definition) is 1. The van der Waals surface area contributed by atoms with Crippen molar-refractivity contribution < 1.29 is 9.50 Å². The summed E-state index contributed by atoms with van der Waals surface area (Å²) in [6.45, 7) is 2.02. The summed E-state index contributed by atoms with van der Waals surface area (Å²) in [5.41, 5.74) is 1.30. The van der Waals surface area contributed by atoms with Gasteiger partial charge >= 0.3 is 0 Å². The Morgan fingerprint density at radius 3 is 2.80 bits per heavy atom. The standard InChI is InChI=1S/C12H14FNO/c1-4-7-14(3)12-6-5-10(13)8-11(12)9(2)15/h1,5-6,8-9,15H,7H2,2-3H3/t9-/m0/s1. The summed E-state index contributed by atoms with van der Waals surface area (Å²) in [6, 6.07) is 4.30. The highest BCUT2D eigenvalue weighted by atomic mass is 19.1. The molecule has 0 aliphatic heterocycles. The molecule has 2 nitrogen and oxygen atoms in total. The van der Waals surface area contributed by atoms with Crippen molar-refractivity contribution in [1.29, 1.82) is 0 Å². The molecule has 0 heterocycles. The average molecular weight is 207 g/mol. The summed E-state index contributed by atoms with van der Waals surface area (Å²) in [7, 11) is 1.80. The maximum Gasteiger partial charge on any atom is 0.123 e. The van der Waals surface area contributed by atoms with Crippen molar-refractivity contribution in [1.82, 2.24) is 0 Å². The quantitative estimate of drug-likeness (QED) is 0.766. The second-order valence-electron chi connectivity index (χ2n) is 3.44. The third-order valence-corrected chi connectivity index (χ3v) is 2.18. The smallest absolute Gasteiger partial charge is 0.123 e. The van der Waals surface area contributed by atoms with E-state index in [1.54, 1.807) is 24.9 Å². The van der Waals surface area contributed by atoms with E-state index in [0.717, 1.165) is 5.69 Å². The van der Waals surface area contributed by atoms with E-state index >= 15 is 0 Å². The van der Waals surface area contributed by atoms with E-state index in [0.29, 0.717) is 12.1 Å². The van der Waals surface area contributed by atoms with Crippen LogP contribution in [0.25, 0.3) is 0 Å². The molecule has 1 rings (SSSR count). The molecule has 3 heteroatoms. The minimum atomic E-state index is -0.712. The Bertz CT molecular complexity index is 382. The van der Waals surface area contributed by atoms with Crippen molar-refractivity contribution in [3.63, 3.8) is 0 Å². The minimum absolute atomic E-state index is 0.358. The molecular formula is C12H14FNO. The fourth-order valence-corrected chi connectivity index (χ4v) is 1.43. The Balaban J connectivity index is 3.12. The summed E-state index contributed by atoms with van der Waals surface area (Å²) in [4.78, 5) is 1.79. The van der Waals surface area contributed by atoms with Gasteiger partial charge in [-0.25, -0.2) is 4.39 Å². The Morgan fingerprint density at radius 1 is 1.60 bits per heavy atom. The van der Waals surface area contributed by atoms with Crippen molar-refractivity contribution in [3.05, 3.63) is 29.6 Å². The molecule has 0 saturated heterocycles. The largest absolute Gasteiger partial charge is 0.389 e. The summed E-state index contributed by atoms with van der Waals surface area (Å²) < 4.78 is 13.0. The zero-order chi connectivity index (χ0) is 11.4. The fourth-order valence-electron chi connectivity index (χ4n) is 1.43. The highest BCUT2D eigenvalue weighted by molar-refractivity contribution is 5.54. The van der Waals surface area contributed by atoms with Crippen LogP contribution in [0.1, 0.15) is 18.6 Å². The number of hydrogen-bond acceptors (Lipinski definition) is 2. The second-order valence-corrected chi connectivity index (χ2v) is 3.44. The molecule has 0 fully saturated rings. The van der Waals surface area contributed by atoms with Gasteiger partial charge in [-0.3, -0.25) is 0 Å². The van der Waals surface area contributed by atoms with Crippen LogP contribution in [0.4, 0.5) is 10.1 Å². The Kier molecular flexibility index (Phi) is 3.70. The van der Waals surface area contributed by atoms with Crippen LogP contribution in [0, 0.1) is 18.2 Å². The second kappa shape index (κ2) is 4.81. The zero-order valence-electron chi connectivity index (χ0n) is 8.87. The van der Waals surface area contributed by atoms with Gasteiger partial charge in [0.25, 0.3) is 0 Å². The summed E-state index contributed by atoms with van der Waals surface area (Å²) in [5.74, 6) is 2.14. The molecular weight excluding hydrogens is 193 g/mol. The number of anilines is 1. The van der Waals surface area contributed by atoms with E-state index < -0.39 is 6.10 Å². The molecule has 15 heavy (non-hydrogen) atoms. The number of rotatable bonds is 3. The van der Waals surface area contributed by atoms with Crippen LogP contribution < -0.4 is 4.90 Å². The first-order valence-electron chi connectivity index (χ1n) is 4.68. The molecule has 1 atom stereocenters. The predicted molar refractivity (Wildman–Crippen MR) is 59.1 cm³/mol. The highest BCUT2D eigenvalue weighted by Crippen LogP contribution is 2.26. The first-order chi connectivity index (χ1) is 7.06. The SMILES string of the molecule is C#CCN(C)c1ccc(F)cc1[C@H](C)O. The molecule has 0 spiro atoms. The highest BCUT2D eigenvalue weighted by Gasteiger charge is 2.11. The van der Waals surface area contributed by atoms with Crippen LogP contribution in [0.2, 0.25) is 0 Å². The maximum atomic E-state index is 13.0. The molecule has 0 saturated carbocycles. The van der Waals surface area contributed by atoms with E-state index in [1.807, 2.05) is 0 Å². The summed E-state index contributed by atoms with van der Waals surface area (Å²) in [6.07, 6.45) is 4.48. The Hall–Kier alpha value is -1.53. The molecule has 0 aliphatic rings. The molecule has 1 aromatic rings. The predicted octanol–water partition coefficient (Wildman–Crippen LogP) is 1.95.